The highest BCUT2D eigenvalue weighted by Gasteiger charge is 2.14. The van der Waals surface area contributed by atoms with E-state index < -0.39 is 10.8 Å². The molecule has 0 amide bonds. The quantitative estimate of drug-likeness (QED) is 0.515. The Morgan fingerprint density at radius 3 is 2.62 bits per heavy atom. The van der Waals surface area contributed by atoms with Crippen LogP contribution in [0.3, 0.4) is 0 Å². The third-order valence-corrected chi connectivity index (χ3v) is 6.53. The van der Waals surface area contributed by atoms with Crippen LogP contribution in [0.2, 0.25) is 0 Å². The number of benzene rings is 2. The van der Waals surface area contributed by atoms with Crippen molar-refractivity contribution in [2.45, 2.75) is 31.6 Å². The lowest BCUT2D eigenvalue weighted by Crippen LogP contribution is -2.40. The molecule has 29 heavy (non-hydrogen) atoms. The standard InChI is InChI=1S/C23H32N4OS/c1-19(21-11-8-12-22(17-21)27-14-6-7-15-27)26-23(24-2)25-13-16-29(28)18-20-9-4-3-5-10-20/h3-5,8-12,17,19H,6-7,13-16,18H2,1-2H3,(H2,24,25,26). The van der Waals surface area contributed by atoms with Crippen molar-refractivity contribution in [3.8, 4) is 0 Å². The van der Waals surface area contributed by atoms with Crippen molar-refractivity contribution >= 4 is 22.4 Å². The van der Waals surface area contributed by atoms with Crippen LogP contribution in [0.25, 0.3) is 0 Å². The maximum absolute atomic E-state index is 12.3. The first-order valence-electron chi connectivity index (χ1n) is 10.4. The van der Waals surface area contributed by atoms with E-state index in [1.54, 1.807) is 7.05 Å². The maximum atomic E-state index is 12.3. The van der Waals surface area contributed by atoms with Gasteiger partial charge in [0.2, 0.25) is 0 Å². The van der Waals surface area contributed by atoms with Gasteiger partial charge < -0.3 is 15.5 Å². The van der Waals surface area contributed by atoms with Crippen LogP contribution in [-0.2, 0) is 16.6 Å². The molecule has 1 fully saturated rings. The van der Waals surface area contributed by atoms with E-state index >= 15 is 0 Å². The van der Waals surface area contributed by atoms with Crippen molar-refractivity contribution in [3.63, 3.8) is 0 Å². The summed E-state index contributed by atoms with van der Waals surface area (Å²) in [6.45, 7) is 5.06. The molecular formula is C23H32N4OS. The van der Waals surface area contributed by atoms with Crippen LogP contribution < -0.4 is 15.5 Å². The molecule has 2 atom stereocenters. The molecule has 0 radical (unpaired) electrons. The lowest BCUT2D eigenvalue weighted by Gasteiger charge is -2.22. The van der Waals surface area contributed by atoms with Gasteiger partial charge in [0.1, 0.15) is 0 Å². The third-order valence-electron chi connectivity index (χ3n) is 5.21. The number of rotatable bonds is 8. The molecule has 2 aromatic rings. The minimum Gasteiger partial charge on any atom is -0.372 e. The SMILES string of the molecule is CN=C(NCCS(=O)Cc1ccccc1)NC(C)c1cccc(N2CCCC2)c1. The number of hydrogen-bond acceptors (Lipinski definition) is 3. The van der Waals surface area contributed by atoms with E-state index in [0.29, 0.717) is 18.1 Å². The lowest BCUT2D eigenvalue weighted by atomic mass is 10.1. The lowest BCUT2D eigenvalue weighted by molar-refractivity contribution is 0.676. The number of anilines is 1. The van der Waals surface area contributed by atoms with Crippen LogP contribution in [0, 0.1) is 0 Å². The van der Waals surface area contributed by atoms with Crippen molar-refractivity contribution in [1.82, 2.24) is 10.6 Å². The Bertz CT molecular complexity index is 819. The average Bonchev–Trinajstić information content (AvgIpc) is 3.29. The van der Waals surface area contributed by atoms with Crippen molar-refractivity contribution in [2.24, 2.45) is 4.99 Å². The summed E-state index contributed by atoms with van der Waals surface area (Å²) in [5, 5.41) is 6.74. The van der Waals surface area contributed by atoms with Gasteiger partial charge in [-0.05, 0) is 43.0 Å². The molecule has 3 rings (SSSR count). The first kappa shape index (κ1) is 21.4. The van der Waals surface area contributed by atoms with Crippen LogP contribution >= 0.6 is 0 Å². The van der Waals surface area contributed by atoms with E-state index in [1.807, 2.05) is 30.3 Å². The van der Waals surface area contributed by atoms with Crippen LogP contribution in [0.15, 0.2) is 59.6 Å². The molecule has 0 aromatic heterocycles. The van der Waals surface area contributed by atoms with E-state index in [9.17, 15) is 4.21 Å². The van der Waals surface area contributed by atoms with Gasteiger partial charge in [0, 0.05) is 54.7 Å². The van der Waals surface area contributed by atoms with E-state index in [-0.39, 0.29) is 6.04 Å². The molecule has 0 spiro atoms. The zero-order valence-corrected chi connectivity index (χ0v) is 18.3. The molecule has 5 nitrogen and oxygen atoms in total. The van der Waals surface area contributed by atoms with E-state index in [2.05, 4.69) is 51.7 Å². The minimum absolute atomic E-state index is 0.138. The predicted octanol–water partition coefficient (Wildman–Crippen LogP) is 3.46. The van der Waals surface area contributed by atoms with Gasteiger partial charge in [0.05, 0.1) is 6.04 Å². The molecule has 1 heterocycles. The zero-order valence-electron chi connectivity index (χ0n) is 17.4. The van der Waals surface area contributed by atoms with Gasteiger partial charge in [-0.15, -0.1) is 0 Å². The second-order valence-electron chi connectivity index (χ2n) is 7.43. The fourth-order valence-corrected chi connectivity index (χ4v) is 4.60. The molecule has 2 unspecified atom stereocenters. The Morgan fingerprint density at radius 2 is 1.90 bits per heavy atom. The second-order valence-corrected chi connectivity index (χ2v) is 9.00. The highest BCUT2D eigenvalue weighted by Crippen LogP contribution is 2.23. The molecule has 6 heteroatoms. The highest BCUT2D eigenvalue weighted by molar-refractivity contribution is 7.84. The monoisotopic (exact) mass is 412 g/mol. The van der Waals surface area contributed by atoms with E-state index in [0.717, 1.165) is 24.6 Å². The molecule has 1 aliphatic rings. The summed E-state index contributed by atoms with van der Waals surface area (Å²) >= 11 is 0. The number of nitrogens with zero attached hydrogens (tertiary/aromatic N) is 2. The van der Waals surface area contributed by atoms with E-state index in [1.165, 1.54) is 24.1 Å². The highest BCUT2D eigenvalue weighted by atomic mass is 32.2. The summed E-state index contributed by atoms with van der Waals surface area (Å²) in [7, 11) is 0.874. The largest absolute Gasteiger partial charge is 0.372 e. The van der Waals surface area contributed by atoms with Gasteiger partial charge in [0.15, 0.2) is 5.96 Å². The van der Waals surface area contributed by atoms with Gasteiger partial charge >= 0.3 is 0 Å². The van der Waals surface area contributed by atoms with Gasteiger partial charge in [-0.25, -0.2) is 0 Å². The van der Waals surface area contributed by atoms with Gasteiger partial charge in [-0.3, -0.25) is 9.20 Å². The number of nitrogens with one attached hydrogen (secondary N) is 2. The van der Waals surface area contributed by atoms with Crippen molar-refractivity contribution in [1.29, 1.82) is 0 Å². The van der Waals surface area contributed by atoms with Crippen molar-refractivity contribution in [2.75, 3.05) is 37.3 Å². The minimum atomic E-state index is -0.894. The Hall–Kier alpha value is -2.34. The first-order valence-corrected chi connectivity index (χ1v) is 11.9. The predicted molar refractivity (Wildman–Crippen MR) is 124 cm³/mol. The first-order chi connectivity index (χ1) is 14.2. The maximum Gasteiger partial charge on any atom is 0.191 e. The normalized spacial score (nSPS) is 16.5. The summed E-state index contributed by atoms with van der Waals surface area (Å²) in [5.41, 5.74) is 3.65. The molecule has 2 N–H and O–H groups in total. The van der Waals surface area contributed by atoms with Crippen LogP contribution in [0.1, 0.15) is 36.9 Å². The summed E-state index contributed by atoms with van der Waals surface area (Å²) in [4.78, 5) is 6.77. The summed E-state index contributed by atoms with van der Waals surface area (Å²) < 4.78 is 12.3. The summed E-state index contributed by atoms with van der Waals surface area (Å²) in [6.07, 6.45) is 2.56. The van der Waals surface area contributed by atoms with E-state index in [4.69, 9.17) is 0 Å². The molecular weight excluding hydrogens is 380 g/mol. The van der Waals surface area contributed by atoms with Gasteiger partial charge in [-0.1, -0.05) is 42.5 Å². The topological polar surface area (TPSA) is 56.7 Å². The fourth-order valence-electron chi connectivity index (χ4n) is 3.56. The molecule has 1 saturated heterocycles. The number of aliphatic imine (C=N–C) groups is 1. The smallest absolute Gasteiger partial charge is 0.191 e. The van der Waals surface area contributed by atoms with Gasteiger partial charge in [0.25, 0.3) is 0 Å². The third kappa shape index (κ3) is 6.60. The second kappa shape index (κ2) is 11.0. The Kier molecular flexibility index (Phi) is 8.11. The Labute approximate surface area is 177 Å². The molecule has 156 valence electrons. The molecule has 0 bridgehead atoms. The molecule has 1 aliphatic heterocycles. The average molecular weight is 413 g/mol. The molecule has 2 aromatic carbocycles. The van der Waals surface area contributed by atoms with Crippen LogP contribution in [-0.4, -0.2) is 42.6 Å². The Balaban J connectivity index is 1.47. The summed E-state index contributed by atoms with van der Waals surface area (Å²) in [5.74, 6) is 1.92. The van der Waals surface area contributed by atoms with Crippen LogP contribution in [0.5, 0.6) is 0 Å². The molecule has 0 saturated carbocycles. The van der Waals surface area contributed by atoms with Gasteiger partial charge in [-0.2, -0.15) is 0 Å². The fraction of sp³-hybridized carbons (Fsp3) is 0.435. The van der Waals surface area contributed by atoms with Crippen molar-refractivity contribution < 1.29 is 4.21 Å². The number of guanidine groups is 1. The summed E-state index contributed by atoms with van der Waals surface area (Å²) in [6, 6.07) is 18.9. The number of hydrogen-bond donors (Lipinski definition) is 2. The van der Waals surface area contributed by atoms with Crippen LogP contribution in [0.4, 0.5) is 5.69 Å². The molecule has 0 aliphatic carbocycles. The Morgan fingerprint density at radius 1 is 1.14 bits per heavy atom. The van der Waals surface area contributed by atoms with Crippen molar-refractivity contribution in [3.05, 3.63) is 65.7 Å². The zero-order chi connectivity index (χ0) is 20.5.